The van der Waals surface area contributed by atoms with Crippen LogP contribution in [0.15, 0.2) is 30.6 Å². The molecule has 0 atom stereocenters. The second-order valence-corrected chi connectivity index (χ2v) is 2.91. The Balaban J connectivity index is 2.10. The van der Waals surface area contributed by atoms with Crippen LogP contribution in [0.25, 0.3) is 0 Å². The first-order valence-electron chi connectivity index (χ1n) is 4.27. The van der Waals surface area contributed by atoms with Crippen molar-refractivity contribution in [1.82, 2.24) is 15.5 Å². The molecule has 0 aliphatic carbocycles. The van der Waals surface area contributed by atoms with Gasteiger partial charge in [-0.2, -0.15) is 4.68 Å². The summed E-state index contributed by atoms with van der Waals surface area (Å²) in [6, 6.07) is 7.87. The van der Waals surface area contributed by atoms with E-state index in [9.17, 15) is 0 Å². The van der Waals surface area contributed by atoms with Crippen LogP contribution in [0.1, 0.15) is 5.56 Å². The average molecular weight is 191 g/mol. The molecule has 0 unspecified atom stereocenters. The average Bonchev–Trinajstić information content (AvgIpc) is 2.72. The molecule has 0 saturated carbocycles. The Hall–Kier alpha value is -1.91. The number of methoxy groups -OCH3 is 1. The third kappa shape index (κ3) is 1.87. The smallest absolute Gasteiger partial charge is 0.288 e. The first-order valence-corrected chi connectivity index (χ1v) is 4.27. The van der Waals surface area contributed by atoms with Crippen LogP contribution in [0.5, 0.6) is 5.75 Å². The molecule has 5 nitrogen and oxygen atoms in total. The van der Waals surface area contributed by atoms with Gasteiger partial charge in [0.15, 0.2) is 5.21 Å². The Labute approximate surface area is 81.3 Å². The fraction of sp³-hybridized carbons (Fsp3) is 0.222. The summed E-state index contributed by atoms with van der Waals surface area (Å²) >= 11 is 0. The maximum Gasteiger partial charge on any atom is 0.288 e. The zero-order valence-corrected chi connectivity index (χ0v) is 7.84. The standard InChI is InChI=1S/C9H10N4O/c1-14-9-4-2-8(3-5-9)6-13-7-10-11-12-13/h2-5,7H,6H2,1H3/p+1. The number of hydrogen-bond donors (Lipinski definition) is 1. The highest BCUT2D eigenvalue weighted by molar-refractivity contribution is 5.26. The highest BCUT2D eigenvalue weighted by Crippen LogP contribution is 2.10. The lowest BCUT2D eigenvalue weighted by Crippen LogP contribution is -2.35. The number of hydrogen-bond acceptors (Lipinski definition) is 3. The molecular formula is C9H11N4O+. The predicted octanol–water partition coefficient (Wildman–Crippen LogP) is 0.149. The predicted molar refractivity (Wildman–Crippen MR) is 48.7 cm³/mol. The van der Waals surface area contributed by atoms with E-state index in [0.29, 0.717) is 0 Å². The number of nitrogens with one attached hydrogen (secondary N) is 1. The molecule has 0 bridgehead atoms. The highest BCUT2D eigenvalue weighted by Gasteiger charge is 2.00. The molecular weight excluding hydrogens is 180 g/mol. The van der Waals surface area contributed by atoms with Crippen LogP contribution < -0.4 is 9.42 Å². The molecule has 1 N–H and O–H groups in total. The van der Waals surface area contributed by atoms with Crippen LogP contribution in [0, 0.1) is 0 Å². The lowest BCUT2D eigenvalue weighted by atomic mass is 10.2. The van der Waals surface area contributed by atoms with Crippen molar-refractivity contribution in [3.05, 3.63) is 36.2 Å². The van der Waals surface area contributed by atoms with Crippen LogP contribution in [0.3, 0.4) is 0 Å². The lowest BCUT2D eigenvalue weighted by Gasteiger charge is -2.00. The summed E-state index contributed by atoms with van der Waals surface area (Å²) in [6.07, 6.45) is 1.64. The molecule has 0 aliphatic heterocycles. The van der Waals surface area contributed by atoms with Crippen LogP contribution in [-0.2, 0) is 6.54 Å². The number of nitrogens with zero attached hydrogens (tertiary/aromatic N) is 3. The highest BCUT2D eigenvalue weighted by atomic mass is 16.5. The van der Waals surface area contributed by atoms with E-state index < -0.39 is 0 Å². The maximum atomic E-state index is 5.07. The van der Waals surface area contributed by atoms with Crippen LogP contribution >= 0.6 is 0 Å². The summed E-state index contributed by atoms with van der Waals surface area (Å²) in [6.45, 7) is 0.733. The van der Waals surface area contributed by atoms with Crippen molar-refractivity contribution in [3.8, 4) is 5.75 Å². The number of aromatic amines is 1. The fourth-order valence-electron chi connectivity index (χ4n) is 1.20. The minimum atomic E-state index is 0.733. The van der Waals surface area contributed by atoms with Crippen LogP contribution in [-0.4, -0.2) is 22.6 Å². The van der Waals surface area contributed by atoms with E-state index in [1.165, 1.54) is 5.56 Å². The number of ether oxygens (including phenoxy) is 1. The van der Waals surface area contributed by atoms with E-state index in [0.717, 1.165) is 12.3 Å². The number of rotatable bonds is 3. The quantitative estimate of drug-likeness (QED) is 0.702. The van der Waals surface area contributed by atoms with Gasteiger partial charge in [-0.3, -0.25) is 0 Å². The lowest BCUT2D eigenvalue weighted by molar-refractivity contribution is -0.746. The van der Waals surface area contributed by atoms with Crippen LogP contribution in [0.2, 0.25) is 0 Å². The van der Waals surface area contributed by atoms with Gasteiger partial charge in [0.05, 0.1) is 7.11 Å². The number of H-pyrrole nitrogens is 1. The Bertz CT molecular complexity index is 382. The van der Waals surface area contributed by atoms with Gasteiger partial charge < -0.3 is 4.74 Å². The summed E-state index contributed by atoms with van der Waals surface area (Å²) in [5.41, 5.74) is 1.17. The molecule has 1 heterocycles. The molecule has 1 aromatic heterocycles. The number of aromatic nitrogens is 4. The van der Waals surface area contributed by atoms with Crippen molar-refractivity contribution >= 4 is 0 Å². The molecule has 0 spiro atoms. The van der Waals surface area contributed by atoms with E-state index in [4.69, 9.17) is 4.74 Å². The van der Waals surface area contributed by atoms with Crippen molar-refractivity contribution < 1.29 is 9.42 Å². The van der Waals surface area contributed by atoms with Crippen molar-refractivity contribution in [2.24, 2.45) is 0 Å². The van der Waals surface area contributed by atoms with Gasteiger partial charge in [-0.25, -0.2) is 0 Å². The van der Waals surface area contributed by atoms with E-state index in [-0.39, 0.29) is 0 Å². The number of tetrazole rings is 1. The largest absolute Gasteiger partial charge is 0.497 e. The van der Waals surface area contributed by atoms with Gasteiger partial charge in [0.2, 0.25) is 0 Å². The second-order valence-electron chi connectivity index (χ2n) is 2.91. The molecule has 72 valence electrons. The normalized spacial score (nSPS) is 10.1. The van der Waals surface area contributed by atoms with Gasteiger partial charge in [0.1, 0.15) is 17.4 Å². The molecule has 0 radical (unpaired) electrons. The molecule has 5 heteroatoms. The van der Waals surface area contributed by atoms with Crippen molar-refractivity contribution in [1.29, 1.82) is 0 Å². The SMILES string of the molecule is COc1ccc(C[n+]2cnn[nH]2)cc1. The van der Waals surface area contributed by atoms with Crippen molar-refractivity contribution in [2.75, 3.05) is 7.11 Å². The number of benzene rings is 1. The summed E-state index contributed by atoms with van der Waals surface area (Å²) in [7, 11) is 1.66. The first kappa shape index (κ1) is 8.68. The Morgan fingerprint density at radius 3 is 2.71 bits per heavy atom. The van der Waals surface area contributed by atoms with Gasteiger partial charge in [-0.15, -0.1) is 0 Å². The zero-order valence-electron chi connectivity index (χ0n) is 7.84. The molecule has 0 fully saturated rings. The van der Waals surface area contributed by atoms with Gasteiger partial charge in [0, 0.05) is 0 Å². The third-order valence-corrected chi connectivity index (χ3v) is 1.93. The van der Waals surface area contributed by atoms with Gasteiger partial charge in [-0.1, -0.05) is 17.3 Å². The summed E-state index contributed by atoms with van der Waals surface area (Å²) in [5.74, 6) is 0.862. The Morgan fingerprint density at radius 1 is 1.36 bits per heavy atom. The van der Waals surface area contributed by atoms with E-state index in [1.807, 2.05) is 24.3 Å². The van der Waals surface area contributed by atoms with Gasteiger partial charge in [0.25, 0.3) is 6.33 Å². The van der Waals surface area contributed by atoms with Crippen molar-refractivity contribution in [3.63, 3.8) is 0 Å². The summed E-state index contributed by atoms with van der Waals surface area (Å²) < 4.78 is 6.86. The fourth-order valence-corrected chi connectivity index (χ4v) is 1.20. The maximum absolute atomic E-state index is 5.07. The zero-order chi connectivity index (χ0) is 9.80. The topological polar surface area (TPSA) is 54.7 Å². The monoisotopic (exact) mass is 191 g/mol. The second kappa shape index (κ2) is 3.87. The molecule has 14 heavy (non-hydrogen) atoms. The molecule has 0 amide bonds. The minimum absolute atomic E-state index is 0.733. The first-order chi connectivity index (χ1) is 6.88. The molecule has 2 aromatic rings. The van der Waals surface area contributed by atoms with Crippen LogP contribution in [0.4, 0.5) is 0 Å². The Kier molecular flexibility index (Phi) is 2.40. The third-order valence-electron chi connectivity index (χ3n) is 1.93. The summed E-state index contributed by atoms with van der Waals surface area (Å²) in [4.78, 5) is 0. The minimum Gasteiger partial charge on any atom is -0.497 e. The summed E-state index contributed by atoms with van der Waals surface area (Å²) in [5, 5.41) is 10.0. The van der Waals surface area contributed by atoms with Gasteiger partial charge in [-0.05, 0) is 17.7 Å². The molecule has 2 rings (SSSR count). The van der Waals surface area contributed by atoms with E-state index >= 15 is 0 Å². The molecule has 0 saturated heterocycles. The van der Waals surface area contributed by atoms with E-state index in [1.54, 1.807) is 18.1 Å². The Morgan fingerprint density at radius 2 is 2.14 bits per heavy atom. The van der Waals surface area contributed by atoms with Gasteiger partial charge >= 0.3 is 0 Å². The molecule has 1 aromatic carbocycles. The molecule has 0 aliphatic rings. The van der Waals surface area contributed by atoms with E-state index in [2.05, 4.69) is 15.5 Å². The van der Waals surface area contributed by atoms with Crippen molar-refractivity contribution in [2.45, 2.75) is 6.54 Å².